The highest BCUT2D eigenvalue weighted by atomic mass is 32.2. The fraction of sp³-hybridized carbons (Fsp3) is 0.364. The number of para-hydroxylation sites is 2. The standard InChI is InChI=1S/C11H12N2OS/c1-11(7-15-11)6-13-9-5-3-2-4-8(9)12-10(13)14/h2-5H,6-7H2,1H3,(H,12,14). The van der Waals surface area contributed by atoms with E-state index >= 15 is 0 Å². The predicted octanol–water partition coefficient (Wildman–Crippen LogP) is 1.84. The minimum Gasteiger partial charge on any atom is -0.306 e. The highest BCUT2D eigenvalue weighted by molar-refractivity contribution is 8.07. The topological polar surface area (TPSA) is 37.8 Å². The third-order valence-corrected chi connectivity index (χ3v) is 4.21. The Hall–Kier alpha value is -1.16. The number of hydrogen-bond acceptors (Lipinski definition) is 2. The van der Waals surface area contributed by atoms with Gasteiger partial charge in [-0.2, -0.15) is 11.8 Å². The molecule has 4 heteroatoms. The van der Waals surface area contributed by atoms with Crippen molar-refractivity contribution in [1.29, 1.82) is 0 Å². The molecule has 1 saturated heterocycles. The molecule has 1 aromatic heterocycles. The number of aromatic nitrogens is 2. The highest BCUT2D eigenvalue weighted by Gasteiger charge is 2.39. The van der Waals surface area contributed by atoms with Crippen LogP contribution < -0.4 is 5.69 Å². The Balaban J connectivity index is 2.16. The van der Waals surface area contributed by atoms with Crippen LogP contribution in [-0.4, -0.2) is 20.1 Å². The summed E-state index contributed by atoms with van der Waals surface area (Å²) in [5.74, 6) is 1.15. The Morgan fingerprint density at radius 3 is 3.00 bits per heavy atom. The molecular weight excluding hydrogens is 208 g/mol. The van der Waals surface area contributed by atoms with E-state index in [4.69, 9.17) is 0 Å². The SMILES string of the molecule is CC1(Cn2c(=O)[nH]c3ccccc32)CS1. The molecule has 0 spiro atoms. The molecule has 15 heavy (non-hydrogen) atoms. The Bertz CT molecular complexity index is 565. The molecule has 0 bridgehead atoms. The second-order valence-electron chi connectivity index (χ2n) is 4.27. The number of hydrogen-bond donors (Lipinski definition) is 1. The number of nitrogens with zero attached hydrogens (tertiary/aromatic N) is 1. The van der Waals surface area contributed by atoms with Gasteiger partial charge in [0.15, 0.2) is 0 Å². The third kappa shape index (κ3) is 1.49. The first-order valence-corrected chi connectivity index (χ1v) is 5.98. The second kappa shape index (κ2) is 2.92. The van der Waals surface area contributed by atoms with Gasteiger partial charge in [-0.3, -0.25) is 4.57 Å². The molecule has 2 aromatic rings. The molecule has 2 heterocycles. The van der Waals surface area contributed by atoms with E-state index < -0.39 is 0 Å². The fourth-order valence-corrected chi connectivity index (χ4v) is 2.37. The van der Waals surface area contributed by atoms with Crippen molar-refractivity contribution in [3.05, 3.63) is 34.7 Å². The minimum absolute atomic E-state index is 0.00456. The van der Waals surface area contributed by atoms with Crippen LogP contribution in [0.15, 0.2) is 29.1 Å². The van der Waals surface area contributed by atoms with Crippen LogP contribution in [0.25, 0.3) is 11.0 Å². The van der Waals surface area contributed by atoms with Crippen molar-refractivity contribution in [2.24, 2.45) is 0 Å². The lowest BCUT2D eigenvalue weighted by atomic mass is 10.2. The number of imidazole rings is 1. The fourth-order valence-electron chi connectivity index (χ4n) is 1.81. The zero-order chi connectivity index (χ0) is 10.5. The van der Waals surface area contributed by atoms with E-state index in [2.05, 4.69) is 11.9 Å². The summed E-state index contributed by atoms with van der Waals surface area (Å²) in [5, 5.41) is 0. The number of nitrogens with one attached hydrogen (secondary N) is 1. The quantitative estimate of drug-likeness (QED) is 0.784. The molecule has 0 amide bonds. The van der Waals surface area contributed by atoms with Crippen LogP contribution in [0.2, 0.25) is 0 Å². The molecule has 0 saturated carbocycles. The summed E-state index contributed by atoms with van der Waals surface area (Å²) in [6, 6.07) is 7.84. The highest BCUT2D eigenvalue weighted by Crippen LogP contribution is 2.45. The van der Waals surface area contributed by atoms with Gasteiger partial charge in [0.2, 0.25) is 0 Å². The number of thioether (sulfide) groups is 1. The van der Waals surface area contributed by atoms with Gasteiger partial charge in [-0.15, -0.1) is 0 Å². The summed E-state index contributed by atoms with van der Waals surface area (Å²) in [6.45, 7) is 3.01. The van der Waals surface area contributed by atoms with Crippen LogP contribution >= 0.6 is 11.8 Å². The van der Waals surface area contributed by atoms with Gasteiger partial charge in [0.05, 0.1) is 11.0 Å². The number of benzene rings is 1. The smallest absolute Gasteiger partial charge is 0.306 e. The van der Waals surface area contributed by atoms with Crippen molar-refractivity contribution in [1.82, 2.24) is 9.55 Å². The van der Waals surface area contributed by atoms with Gasteiger partial charge in [0.1, 0.15) is 0 Å². The first-order chi connectivity index (χ1) is 7.18. The number of aromatic amines is 1. The van der Waals surface area contributed by atoms with Gasteiger partial charge in [-0.05, 0) is 19.1 Å². The molecule has 1 atom stereocenters. The van der Waals surface area contributed by atoms with Crippen molar-refractivity contribution in [3.63, 3.8) is 0 Å². The normalized spacial score (nSPS) is 24.6. The van der Waals surface area contributed by atoms with Crippen LogP contribution in [0.1, 0.15) is 6.92 Å². The van der Waals surface area contributed by atoms with E-state index in [-0.39, 0.29) is 10.4 Å². The maximum atomic E-state index is 11.7. The molecular formula is C11H12N2OS. The van der Waals surface area contributed by atoms with Crippen LogP contribution in [0.5, 0.6) is 0 Å². The minimum atomic E-state index is 0.00456. The van der Waals surface area contributed by atoms with Crippen molar-refractivity contribution in [2.45, 2.75) is 18.2 Å². The van der Waals surface area contributed by atoms with E-state index in [1.165, 1.54) is 0 Å². The zero-order valence-corrected chi connectivity index (χ0v) is 9.30. The summed E-state index contributed by atoms with van der Waals surface area (Å²) >= 11 is 1.91. The summed E-state index contributed by atoms with van der Waals surface area (Å²) in [5.41, 5.74) is 1.94. The molecule has 1 aliphatic rings. The molecule has 78 valence electrons. The molecule has 1 aliphatic heterocycles. The van der Waals surface area contributed by atoms with Crippen LogP contribution in [-0.2, 0) is 6.54 Å². The third-order valence-electron chi connectivity index (χ3n) is 2.81. The van der Waals surface area contributed by atoms with E-state index in [0.29, 0.717) is 0 Å². The summed E-state index contributed by atoms with van der Waals surface area (Å²) in [4.78, 5) is 14.6. The average molecular weight is 220 g/mol. The maximum Gasteiger partial charge on any atom is 0.326 e. The van der Waals surface area contributed by atoms with Crippen molar-refractivity contribution in [2.75, 3.05) is 5.75 Å². The van der Waals surface area contributed by atoms with E-state index in [1.54, 1.807) is 0 Å². The van der Waals surface area contributed by atoms with Crippen molar-refractivity contribution >= 4 is 22.8 Å². The lowest BCUT2D eigenvalue weighted by Gasteiger charge is -2.07. The molecule has 1 N–H and O–H groups in total. The summed E-state index contributed by atoms with van der Waals surface area (Å²) < 4.78 is 2.12. The van der Waals surface area contributed by atoms with Gasteiger partial charge in [-0.1, -0.05) is 12.1 Å². The lowest BCUT2D eigenvalue weighted by molar-refractivity contribution is 0.612. The zero-order valence-electron chi connectivity index (χ0n) is 8.49. The predicted molar refractivity (Wildman–Crippen MR) is 63.4 cm³/mol. The van der Waals surface area contributed by atoms with Gasteiger partial charge < -0.3 is 4.98 Å². The summed E-state index contributed by atoms with van der Waals surface area (Å²) in [6.07, 6.45) is 0. The van der Waals surface area contributed by atoms with Crippen molar-refractivity contribution in [3.8, 4) is 0 Å². The molecule has 1 aromatic carbocycles. The average Bonchev–Trinajstić information content (AvgIpc) is 2.86. The molecule has 3 nitrogen and oxygen atoms in total. The number of fused-ring (bicyclic) bond motifs is 1. The molecule has 1 unspecified atom stereocenters. The number of rotatable bonds is 2. The number of H-pyrrole nitrogens is 1. The second-order valence-corrected chi connectivity index (χ2v) is 5.83. The van der Waals surface area contributed by atoms with Crippen LogP contribution in [0.3, 0.4) is 0 Å². The van der Waals surface area contributed by atoms with Gasteiger partial charge in [0, 0.05) is 17.0 Å². The van der Waals surface area contributed by atoms with E-state index in [1.807, 2.05) is 40.6 Å². The van der Waals surface area contributed by atoms with Gasteiger partial charge in [-0.25, -0.2) is 4.79 Å². The lowest BCUT2D eigenvalue weighted by Crippen LogP contribution is -2.23. The largest absolute Gasteiger partial charge is 0.326 e. The van der Waals surface area contributed by atoms with Crippen LogP contribution in [0, 0.1) is 0 Å². The van der Waals surface area contributed by atoms with E-state index in [0.717, 1.165) is 23.3 Å². The Kier molecular flexibility index (Phi) is 1.77. The van der Waals surface area contributed by atoms with E-state index in [9.17, 15) is 4.79 Å². The molecule has 1 fully saturated rings. The molecule has 0 radical (unpaired) electrons. The Morgan fingerprint density at radius 1 is 1.53 bits per heavy atom. The summed E-state index contributed by atoms with van der Waals surface area (Å²) in [7, 11) is 0. The molecule has 0 aliphatic carbocycles. The van der Waals surface area contributed by atoms with Gasteiger partial charge >= 0.3 is 5.69 Å². The molecule has 3 rings (SSSR count). The first kappa shape index (κ1) is 9.09. The van der Waals surface area contributed by atoms with Crippen LogP contribution in [0.4, 0.5) is 0 Å². The Morgan fingerprint density at radius 2 is 2.27 bits per heavy atom. The Labute approximate surface area is 91.5 Å². The van der Waals surface area contributed by atoms with Crippen molar-refractivity contribution < 1.29 is 0 Å². The first-order valence-electron chi connectivity index (χ1n) is 4.99. The van der Waals surface area contributed by atoms with Gasteiger partial charge in [0.25, 0.3) is 0 Å². The monoisotopic (exact) mass is 220 g/mol. The maximum absolute atomic E-state index is 11.7.